The molecule has 3 atom stereocenters. The molecule has 0 aromatic rings. The predicted molar refractivity (Wildman–Crippen MR) is 66.9 cm³/mol. The maximum absolute atomic E-state index is 12.3. The van der Waals surface area contributed by atoms with Gasteiger partial charge in [0.25, 0.3) is 0 Å². The summed E-state index contributed by atoms with van der Waals surface area (Å²) < 4.78 is 4.58. The van der Waals surface area contributed by atoms with Gasteiger partial charge in [0.15, 0.2) is 0 Å². The van der Waals surface area contributed by atoms with Crippen LogP contribution in [0.1, 0.15) is 32.1 Å². The molecule has 2 aliphatic rings. The number of methoxy groups -OCH3 is 1. The minimum Gasteiger partial charge on any atom is -0.469 e. The van der Waals surface area contributed by atoms with Gasteiger partial charge < -0.3 is 15.0 Å². The smallest absolute Gasteiger partial charge is 0.305 e. The zero-order chi connectivity index (χ0) is 13.1. The van der Waals surface area contributed by atoms with Gasteiger partial charge in [0.1, 0.15) is 0 Å². The summed E-state index contributed by atoms with van der Waals surface area (Å²) in [6.07, 6.45) is 4.36. The summed E-state index contributed by atoms with van der Waals surface area (Å²) >= 11 is 0. The number of fused-ring (bicyclic) bond motifs is 2. The van der Waals surface area contributed by atoms with Crippen LogP contribution in [-0.4, -0.2) is 49.6 Å². The average Bonchev–Trinajstić information content (AvgIpc) is 2.99. The number of hydrogen-bond donors (Lipinski definition) is 1. The fourth-order valence-corrected chi connectivity index (χ4v) is 3.05. The van der Waals surface area contributed by atoms with Gasteiger partial charge >= 0.3 is 5.97 Å². The van der Waals surface area contributed by atoms with E-state index in [2.05, 4.69) is 10.1 Å². The van der Waals surface area contributed by atoms with Gasteiger partial charge in [-0.2, -0.15) is 0 Å². The number of hydrogen-bond acceptors (Lipinski definition) is 4. The Kier molecular flexibility index (Phi) is 4.22. The molecule has 0 aromatic carbocycles. The van der Waals surface area contributed by atoms with Crippen LogP contribution in [0.5, 0.6) is 0 Å². The molecule has 0 aromatic heterocycles. The van der Waals surface area contributed by atoms with E-state index >= 15 is 0 Å². The van der Waals surface area contributed by atoms with Crippen LogP contribution in [0.25, 0.3) is 0 Å². The normalized spacial score (nSPS) is 29.3. The van der Waals surface area contributed by atoms with Crippen molar-refractivity contribution in [1.29, 1.82) is 0 Å². The molecule has 3 unspecified atom stereocenters. The number of rotatable bonds is 5. The number of carbonyl (C=O) groups excluding carboxylic acids is 2. The first kappa shape index (κ1) is 13.3. The molecule has 0 radical (unpaired) electrons. The van der Waals surface area contributed by atoms with E-state index in [0.717, 1.165) is 12.8 Å². The molecular weight excluding hydrogens is 232 g/mol. The summed E-state index contributed by atoms with van der Waals surface area (Å²) in [6, 6.07) is 0.929. The molecule has 1 amide bonds. The SMILES string of the molecule is COC(=O)CCCN(C)C(=O)C1CC2CCC1N2. The summed E-state index contributed by atoms with van der Waals surface area (Å²) in [7, 11) is 3.21. The molecule has 2 aliphatic heterocycles. The van der Waals surface area contributed by atoms with Crippen molar-refractivity contribution in [2.75, 3.05) is 20.7 Å². The molecule has 2 fully saturated rings. The number of esters is 1. The molecule has 5 heteroatoms. The highest BCUT2D eigenvalue weighted by Crippen LogP contribution is 2.34. The van der Waals surface area contributed by atoms with Crippen LogP contribution in [0.3, 0.4) is 0 Å². The highest BCUT2D eigenvalue weighted by atomic mass is 16.5. The Hall–Kier alpha value is -1.10. The first-order valence-corrected chi connectivity index (χ1v) is 6.69. The van der Waals surface area contributed by atoms with Gasteiger partial charge in [-0.15, -0.1) is 0 Å². The second kappa shape index (κ2) is 5.69. The van der Waals surface area contributed by atoms with Crippen molar-refractivity contribution in [2.24, 2.45) is 5.92 Å². The number of ether oxygens (including phenoxy) is 1. The fourth-order valence-electron chi connectivity index (χ4n) is 3.05. The molecule has 5 nitrogen and oxygen atoms in total. The quantitative estimate of drug-likeness (QED) is 0.727. The Bertz CT molecular complexity index is 332. The first-order chi connectivity index (χ1) is 8.61. The third-order valence-corrected chi connectivity index (χ3v) is 4.10. The molecule has 2 heterocycles. The third kappa shape index (κ3) is 2.83. The fraction of sp³-hybridized carbons (Fsp3) is 0.846. The standard InChI is InChI=1S/C13H22N2O3/c1-15(7-3-4-12(16)18-2)13(17)10-8-9-5-6-11(10)14-9/h9-11,14H,3-8H2,1-2H3. The topological polar surface area (TPSA) is 58.6 Å². The summed E-state index contributed by atoms with van der Waals surface area (Å²) in [5.41, 5.74) is 0. The minimum absolute atomic E-state index is 0.145. The van der Waals surface area contributed by atoms with Crippen molar-refractivity contribution < 1.29 is 14.3 Å². The molecule has 2 rings (SSSR count). The first-order valence-electron chi connectivity index (χ1n) is 6.69. The Morgan fingerprint density at radius 1 is 1.39 bits per heavy atom. The zero-order valence-corrected chi connectivity index (χ0v) is 11.1. The number of amides is 1. The Balaban J connectivity index is 1.73. The van der Waals surface area contributed by atoms with Crippen molar-refractivity contribution in [3.05, 3.63) is 0 Å². The Labute approximate surface area is 108 Å². The predicted octanol–water partition coefficient (Wildman–Crippen LogP) is 0.539. The van der Waals surface area contributed by atoms with E-state index in [-0.39, 0.29) is 17.8 Å². The maximum atomic E-state index is 12.3. The van der Waals surface area contributed by atoms with E-state index in [0.29, 0.717) is 31.5 Å². The molecule has 2 saturated heterocycles. The summed E-state index contributed by atoms with van der Waals surface area (Å²) in [6.45, 7) is 0.627. The van der Waals surface area contributed by atoms with Gasteiger partial charge in [-0.25, -0.2) is 0 Å². The highest BCUT2D eigenvalue weighted by Gasteiger charge is 2.43. The minimum atomic E-state index is -0.211. The van der Waals surface area contributed by atoms with E-state index in [4.69, 9.17) is 0 Å². The van der Waals surface area contributed by atoms with Gasteiger partial charge in [-0.1, -0.05) is 0 Å². The second-order valence-electron chi connectivity index (χ2n) is 5.33. The van der Waals surface area contributed by atoms with Crippen LogP contribution in [-0.2, 0) is 14.3 Å². The van der Waals surface area contributed by atoms with Crippen LogP contribution in [0, 0.1) is 5.92 Å². The lowest BCUT2D eigenvalue weighted by Crippen LogP contribution is -2.39. The summed E-state index contributed by atoms with van der Waals surface area (Å²) in [5, 5.41) is 3.48. The molecular formula is C13H22N2O3. The number of nitrogens with one attached hydrogen (secondary N) is 1. The largest absolute Gasteiger partial charge is 0.469 e. The van der Waals surface area contributed by atoms with Gasteiger partial charge in [-0.05, 0) is 25.7 Å². The molecule has 2 bridgehead atoms. The average molecular weight is 254 g/mol. The molecule has 18 heavy (non-hydrogen) atoms. The zero-order valence-electron chi connectivity index (χ0n) is 11.1. The van der Waals surface area contributed by atoms with Crippen LogP contribution in [0.15, 0.2) is 0 Å². The van der Waals surface area contributed by atoms with Crippen LogP contribution >= 0.6 is 0 Å². The van der Waals surface area contributed by atoms with E-state index in [1.807, 2.05) is 7.05 Å². The van der Waals surface area contributed by atoms with Gasteiger partial charge in [0, 0.05) is 32.1 Å². The monoisotopic (exact) mass is 254 g/mol. The van der Waals surface area contributed by atoms with Gasteiger partial charge in [0.2, 0.25) is 5.91 Å². The molecule has 102 valence electrons. The van der Waals surface area contributed by atoms with Crippen LogP contribution < -0.4 is 5.32 Å². The van der Waals surface area contributed by atoms with E-state index in [1.54, 1.807) is 4.90 Å². The maximum Gasteiger partial charge on any atom is 0.305 e. The van der Waals surface area contributed by atoms with Crippen molar-refractivity contribution in [3.8, 4) is 0 Å². The Morgan fingerprint density at radius 2 is 2.17 bits per heavy atom. The molecule has 0 aliphatic carbocycles. The van der Waals surface area contributed by atoms with Crippen molar-refractivity contribution >= 4 is 11.9 Å². The highest BCUT2D eigenvalue weighted by molar-refractivity contribution is 5.80. The van der Waals surface area contributed by atoms with Crippen LogP contribution in [0.2, 0.25) is 0 Å². The Morgan fingerprint density at radius 3 is 2.72 bits per heavy atom. The third-order valence-electron chi connectivity index (χ3n) is 4.10. The molecule has 0 saturated carbocycles. The lowest BCUT2D eigenvalue weighted by molar-refractivity contribution is -0.141. The van der Waals surface area contributed by atoms with Gasteiger partial charge in [0.05, 0.1) is 13.0 Å². The van der Waals surface area contributed by atoms with Crippen molar-refractivity contribution in [2.45, 2.75) is 44.2 Å². The number of carbonyl (C=O) groups is 2. The summed E-state index contributed by atoms with van der Waals surface area (Å²) in [5.74, 6) is 0.156. The molecule has 0 spiro atoms. The van der Waals surface area contributed by atoms with Crippen molar-refractivity contribution in [3.63, 3.8) is 0 Å². The van der Waals surface area contributed by atoms with E-state index < -0.39 is 0 Å². The summed E-state index contributed by atoms with van der Waals surface area (Å²) in [4.78, 5) is 25.0. The lowest BCUT2D eigenvalue weighted by Gasteiger charge is -2.25. The molecule has 1 N–H and O–H groups in total. The van der Waals surface area contributed by atoms with Gasteiger partial charge in [-0.3, -0.25) is 9.59 Å². The van der Waals surface area contributed by atoms with E-state index in [1.165, 1.54) is 13.5 Å². The van der Waals surface area contributed by atoms with Crippen LogP contribution in [0.4, 0.5) is 0 Å². The van der Waals surface area contributed by atoms with E-state index in [9.17, 15) is 9.59 Å². The lowest BCUT2D eigenvalue weighted by atomic mass is 9.88. The second-order valence-corrected chi connectivity index (χ2v) is 5.33. The van der Waals surface area contributed by atoms with Crippen molar-refractivity contribution in [1.82, 2.24) is 10.2 Å². The number of nitrogens with zero attached hydrogens (tertiary/aromatic N) is 1.